The van der Waals surface area contributed by atoms with E-state index in [1.54, 1.807) is 18.2 Å². The van der Waals surface area contributed by atoms with Crippen LogP contribution in [0.3, 0.4) is 0 Å². The predicted molar refractivity (Wildman–Crippen MR) is 121 cm³/mol. The maximum atomic E-state index is 12.5. The third-order valence-corrected chi connectivity index (χ3v) is 6.44. The zero-order chi connectivity index (χ0) is 21.7. The van der Waals surface area contributed by atoms with E-state index >= 15 is 0 Å². The number of benzene rings is 3. The molecule has 5 nitrogen and oxygen atoms in total. The summed E-state index contributed by atoms with van der Waals surface area (Å²) < 4.78 is 27.6. The molecule has 0 aliphatic carbocycles. The minimum Gasteiger partial charge on any atom is -0.351 e. The molecular weight excluding hydrogens is 420 g/mol. The number of halogens is 1. The van der Waals surface area contributed by atoms with Crippen molar-refractivity contribution in [3.63, 3.8) is 0 Å². The zero-order valence-corrected chi connectivity index (χ0v) is 18.3. The summed E-state index contributed by atoms with van der Waals surface area (Å²) in [6.07, 6.45) is 0. The van der Waals surface area contributed by atoms with Gasteiger partial charge < -0.3 is 5.32 Å². The van der Waals surface area contributed by atoms with Crippen molar-refractivity contribution in [1.82, 2.24) is 5.32 Å². The molecule has 0 aliphatic heterocycles. The second-order valence-corrected chi connectivity index (χ2v) is 9.22. The number of carbonyl (C=O) groups excluding carboxylic acids is 1. The lowest BCUT2D eigenvalue weighted by molar-refractivity contribution is 0.0951. The Kier molecular flexibility index (Phi) is 6.80. The first kappa shape index (κ1) is 21.9. The van der Waals surface area contributed by atoms with E-state index in [9.17, 15) is 13.2 Å². The van der Waals surface area contributed by atoms with Gasteiger partial charge in [-0.3, -0.25) is 9.52 Å². The first-order valence-corrected chi connectivity index (χ1v) is 11.3. The molecule has 7 heteroatoms. The highest BCUT2D eigenvalue weighted by Crippen LogP contribution is 2.26. The summed E-state index contributed by atoms with van der Waals surface area (Å²) in [5.74, 6) is -0.112. The molecule has 0 unspecified atom stereocenters. The lowest BCUT2D eigenvalue weighted by Gasteiger charge is -2.14. The Bertz CT molecular complexity index is 1130. The Morgan fingerprint density at radius 2 is 1.67 bits per heavy atom. The highest BCUT2D eigenvalue weighted by Gasteiger charge is 2.17. The quantitative estimate of drug-likeness (QED) is 0.541. The molecule has 0 radical (unpaired) electrons. The number of hydrogen-bond acceptors (Lipinski definition) is 3. The highest BCUT2D eigenvalue weighted by atomic mass is 35.5. The molecule has 0 heterocycles. The number of sulfonamides is 1. The second-order valence-electron chi connectivity index (χ2n) is 7.13. The van der Waals surface area contributed by atoms with Gasteiger partial charge in [0.15, 0.2) is 0 Å². The third-order valence-electron chi connectivity index (χ3n) is 4.74. The van der Waals surface area contributed by atoms with Crippen molar-refractivity contribution in [3.8, 4) is 0 Å². The van der Waals surface area contributed by atoms with Gasteiger partial charge in [0, 0.05) is 12.1 Å². The van der Waals surface area contributed by atoms with Crippen molar-refractivity contribution in [2.45, 2.75) is 24.7 Å². The maximum Gasteiger partial charge on any atom is 0.261 e. The van der Waals surface area contributed by atoms with Gasteiger partial charge in [-0.25, -0.2) is 8.42 Å². The van der Waals surface area contributed by atoms with E-state index in [2.05, 4.69) is 10.0 Å². The van der Waals surface area contributed by atoms with Crippen molar-refractivity contribution in [3.05, 3.63) is 94.5 Å². The van der Waals surface area contributed by atoms with Crippen molar-refractivity contribution in [2.75, 3.05) is 11.3 Å². The van der Waals surface area contributed by atoms with Crippen LogP contribution in [0.4, 0.5) is 5.69 Å². The van der Waals surface area contributed by atoms with Gasteiger partial charge >= 0.3 is 0 Å². The van der Waals surface area contributed by atoms with Gasteiger partial charge in [0.05, 0.1) is 15.6 Å². The standard InChI is InChI=1S/C23H23ClN2O3S/c1-16-8-11-20(12-9-16)30(28,29)26-22-13-10-19(14-21(22)24)23(27)25-15-17(2)18-6-4-3-5-7-18/h3-14,17,26H,15H2,1-2H3,(H,25,27)/t17-/m1/s1. The van der Waals surface area contributed by atoms with Gasteiger partial charge in [-0.15, -0.1) is 0 Å². The summed E-state index contributed by atoms with van der Waals surface area (Å²) in [6, 6.07) is 20.9. The van der Waals surface area contributed by atoms with Crippen LogP contribution in [0, 0.1) is 6.92 Å². The van der Waals surface area contributed by atoms with Crippen LogP contribution in [-0.4, -0.2) is 20.9 Å². The normalized spacial score (nSPS) is 12.2. The smallest absolute Gasteiger partial charge is 0.261 e. The first-order valence-electron chi connectivity index (χ1n) is 9.48. The lowest BCUT2D eigenvalue weighted by Crippen LogP contribution is -2.27. The van der Waals surface area contributed by atoms with Crippen LogP contribution in [0.15, 0.2) is 77.7 Å². The topological polar surface area (TPSA) is 75.3 Å². The molecule has 0 saturated carbocycles. The first-order chi connectivity index (χ1) is 14.3. The van der Waals surface area contributed by atoms with Gasteiger partial charge in [0.25, 0.3) is 15.9 Å². The van der Waals surface area contributed by atoms with E-state index in [-0.39, 0.29) is 27.4 Å². The Labute approximate surface area is 182 Å². The van der Waals surface area contributed by atoms with E-state index in [1.807, 2.05) is 44.2 Å². The number of rotatable bonds is 7. The van der Waals surface area contributed by atoms with E-state index < -0.39 is 10.0 Å². The highest BCUT2D eigenvalue weighted by molar-refractivity contribution is 7.92. The minimum atomic E-state index is -3.77. The van der Waals surface area contributed by atoms with Gasteiger partial charge in [0.1, 0.15) is 0 Å². The fraction of sp³-hybridized carbons (Fsp3) is 0.174. The zero-order valence-electron chi connectivity index (χ0n) is 16.7. The molecule has 0 fully saturated rings. The molecule has 3 rings (SSSR count). The number of amides is 1. The molecule has 1 atom stereocenters. The van der Waals surface area contributed by atoms with Gasteiger partial charge in [-0.05, 0) is 48.7 Å². The number of anilines is 1. The van der Waals surface area contributed by atoms with Crippen molar-refractivity contribution >= 4 is 33.2 Å². The molecule has 2 N–H and O–H groups in total. The summed E-state index contributed by atoms with van der Waals surface area (Å²) in [6.45, 7) is 4.39. The number of nitrogens with one attached hydrogen (secondary N) is 2. The molecule has 0 aliphatic rings. The SMILES string of the molecule is Cc1ccc(S(=O)(=O)Nc2ccc(C(=O)NC[C@@H](C)c3ccccc3)cc2Cl)cc1. The number of hydrogen-bond donors (Lipinski definition) is 2. The van der Waals surface area contributed by atoms with Gasteiger partial charge in [-0.2, -0.15) is 0 Å². The van der Waals surface area contributed by atoms with Crippen LogP contribution in [0.1, 0.15) is 34.3 Å². The van der Waals surface area contributed by atoms with E-state index in [0.717, 1.165) is 11.1 Å². The van der Waals surface area contributed by atoms with E-state index in [1.165, 1.54) is 24.3 Å². The average molecular weight is 443 g/mol. The molecule has 156 valence electrons. The molecule has 0 bridgehead atoms. The number of carbonyl (C=O) groups is 1. The van der Waals surface area contributed by atoms with E-state index in [0.29, 0.717) is 12.1 Å². The molecule has 0 aromatic heterocycles. The van der Waals surface area contributed by atoms with Crippen molar-refractivity contribution in [1.29, 1.82) is 0 Å². The molecule has 0 spiro atoms. The van der Waals surface area contributed by atoms with Crippen LogP contribution >= 0.6 is 11.6 Å². The van der Waals surface area contributed by atoms with Crippen LogP contribution in [0.2, 0.25) is 5.02 Å². The fourth-order valence-corrected chi connectivity index (χ4v) is 4.27. The second kappa shape index (κ2) is 9.32. The fourth-order valence-electron chi connectivity index (χ4n) is 2.91. The molecule has 3 aromatic rings. The third kappa shape index (κ3) is 5.40. The molecule has 1 amide bonds. The van der Waals surface area contributed by atoms with Crippen molar-refractivity contribution < 1.29 is 13.2 Å². The van der Waals surface area contributed by atoms with Crippen molar-refractivity contribution in [2.24, 2.45) is 0 Å². The van der Waals surface area contributed by atoms with Gasteiger partial charge in [0.2, 0.25) is 0 Å². The van der Waals surface area contributed by atoms with E-state index in [4.69, 9.17) is 11.6 Å². The summed E-state index contributed by atoms with van der Waals surface area (Å²) in [4.78, 5) is 12.6. The summed E-state index contributed by atoms with van der Waals surface area (Å²) in [5, 5.41) is 3.03. The van der Waals surface area contributed by atoms with Crippen LogP contribution in [-0.2, 0) is 10.0 Å². The largest absolute Gasteiger partial charge is 0.351 e. The Morgan fingerprint density at radius 3 is 2.30 bits per heavy atom. The Morgan fingerprint density at radius 1 is 1.00 bits per heavy atom. The Balaban J connectivity index is 1.67. The number of aryl methyl sites for hydroxylation is 1. The minimum absolute atomic E-state index is 0.140. The molecular formula is C23H23ClN2O3S. The van der Waals surface area contributed by atoms with Gasteiger partial charge in [-0.1, -0.05) is 66.6 Å². The van der Waals surface area contributed by atoms with Crippen LogP contribution in [0.5, 0.6) is 0 Å². The maximum absolute atomic E-state index is 12.5. The Hall–Kier alpha value is -2.83. The lowest BCUT2D eigenvalue weighted by atomic mass is 10.0. The summed E-state index contributed by atoms with van der Waals surface area (Å²) >= 11 is 6.24. The average Bonchev–Trinajstić information content (AvgIpc) is 2.74. The predicted octanol–water partition coefficient (Wildman–Crippen LogP) is 4.98. The van der Waals surface area contributed by atoms with Crippen LogP contribution < -0.4 is 10.0 Å². The summed E-state index contributed by atoms with van der Waals surface area (Å²) in [5.41, 5.74) is 2.67. The monoisotopic (exact) mass is 442 g/mol. The molecule has 3 aromatic carbocycles. The van der Waals surface area contributed by atoms with Crippen LogP contribution in [0.25, 0.3) is 0 Å². The molecule has 0 saturated heterocycles. The summed E-state index contributed by atoms with van der Waals surface area (Å²) in [7, 11) is -3.77. The molecule has 30 heavy (non-hydrogen) atoms.